The van der Waals surface area contributed by atoms with Crippen molar-refractivity contribution >= 4 is 23.5 Å². The summed E-state index contributed by atoms with van der Waals surface area (Å²) in [6.45, 7) is -0.401. The van der Waals surface area contributed by atoms with E-state index in [9.17, 15) is 27.6 Å². The van der Waals surface area contributed by atoms with E-state index in [0.717, 1.165) is 29.9 Å². The van der Waals surface area contributed by atoms with Crippen LogP contribution in [0.5, 0.6) is 0 Å². The molecule has 1 saturated carbocycles. The van der Waals surface area contributed by atoms with Gasteiger partial charge in [0.15, 0.2) is 0 Å². The van der Waals surface area contributed by atoms with Gasteiger partial charge in [0.05, 0.1) is 5.56 Å². The van der Waals surface area contributed by atoms with Gasteiger partial charge in [-0.15, -0.1) is 0 Å². The van der Waals surface area contributed by atoms with Crippen molar-refractivity contribution in [1.82, 2.24) is 10.2 Å². The quantitative estimate of drug-likeness (QED) is 0.713. The van der Waals surface area contributed by atoms with Gasteiger partial charge in [-0.3, -0.25) is 14.5 Å². The second-order valence-electron chi connectivity index (χ2n) is 7.81. The van der Waals surface area contributed by atoms with Gasteiger partial charge in [-0.25, -0.2) is 4.79 Å². The van der Waals surface area contributed by atoms with Gasteiger partial charge in [-0.2, -0.15) is 13.2 Å². The minimum Gasteiger partial charge on any atom is -0.325 e. The van der Waals surface area contributed by atoms with Crippen LogP contribution in [0.15, 0.2) is 48.5 Å². The third-order valence-corrected chi connectivity index (χ3v) is 5.70. The molecule has 0 unspecified atom stereocenters. The number of anilines is 1. The SMILES string of the molecule is O=C(CN1C(=O)NC2(CCCC2)C1=O)Nc1ccc(-c2cccc(C(F)(F)F)c2)cc1. The molecule has 1 aliphatic carbocycles. The molecule has 2 N–H and O–H groups in total. The normalized spacial score (nSPS) is 17.8. The Balaban J connectivity index is 1.41. The third-order valence-electron chi connectivity index (χ3n) is 5.70. The molecular formula is C22H20F3N3O3. The molecular weight excluding hydrogens is 411 g/mol. The van der Waals surface area contributed by atoms with Crippen LogP contribution in [-0.4, -0.2) is 34.8 Å². The fourth-order valence-electron chi connectivity index (χ4n) is 4.10. The molecule has 1 aliphatic heterocycles. The molecule has 0 atom stereocenters. The predicted molar refractivity (Wildman–Crippen MR) is 107 cm³/mol. The number of nitrogens with zero attached hydrogens (tertiary/aromatic N) is 1. The van der Waals surface area contributed by atoms with Gasteiger partial charge < -0.3 is 10.6 Å². The zero-order valence-corrected chi connectivity index (χ0v) is 16.5. The first-order chi connectivity index (χ1) is 14.7. The molecule has 0 aromatic heterocycles. The summed E-state index contributed by atoms with van der Waals surface area (Å²) in [7, 11) is 0. The standard InChI is InChI=1S/C22H20F3N3O3/c23-22(24,25)16-5-3-4-15(12-16)14-6-8-17(9-7-14)26-18(29)13-28-19(30)21(27-20(28)31)10-1-2-11-21/h3-9,12H,1-2,10-11,13H2,(H,26,29)(H,27,31). The van der Waals surface area contributed by atoms with E-state index >= 15 is 0 Å². The number of nitrogens with one attached hydrogen (secondary N) is 2. The van der Waals surface area contributed by atoms with Crippen molar-refractivity contribution < 1.29 is 27.6 Å². The molecule has 2 aromatic carbocycles. The van der Waals surface area contributed by atoms with Crippen LogP contribution >= 0.6 is 0 Å². The molecule has 1 saturated heterocycles. The zero-order chi connectivity index (χ0) is 22.2. The Morgan fingerprint density at radius 2 is 1.71 bits per heavy atom. The summed E-state index contributed by atoms with van der Waals surface area (Å²) >= 11 is 0. The molecule has 0 radical (unpaired) electrons. The van der Waals surface area contributed by atoms with Crippen molar-refractivity contribution in [3.63, 3.8) is 0 Å². The van der Waals surface area contributed by atoms with E-state index in [2.05, 4.69) is 10.6 Å². The molecule has 4 rings (SSSR count). The third kappa shape index (κ3) is 4.12. The number of alkyl halides is 3. The molecule has 6 nitrogen and oxygen atoms in total. The minimum absolute atomic E-state index is 0.370. The first-order valence-electron chi connectivity index (χ1n) is 9.90. The highest BCUT2D eigenvalue weighted by molar-refractivity contribution is 6.10. The number of rotatable bonds is 4. The smallest absolute Gasteiger partial charge is 0.325 e. The molecule has 9 heteroatoms. The van der Waals surface area contributed by atoms with Crippen molar-refractivity contribution in [2.45, 2.75) is 37.4 Å². The topological polar surface area (TPSA) is 78.5 Å². The second kappa shape index (κ2) is 7.72. The predicted octanol–water partition coefficient (Wildman–Crippen LogP) is 4.18. The van der Waals surface area contributed by atoms with Gasteiger partial charge in [-0.05, 0) is 48.2 Å². The number of halogens is 3. The van der Waals surface area contributed by atoms with Crippen molar-refractivity contribution in [2.24, 2.45) is 0 Å². The van der Waals surface area contributed by atoms with Crippen LogP contribution in [0.25, 0.3) is 11.1 Å². The molecule has 2 aliphatic rings. The zero-order valence-electron chi connectivity index (χ0n) is 16.5. The lowest BCUT2D eigenvalue weighted by Gasteiger charge is -2.19. The van der Waals surface area contributed by atoms with Crippen molar-refractivity contribution in [1.29, 1.82) is 0 Å². The highest BCUT2D eigenvalue weighted by Gasteiger charge is 2.52. The second-order valence-corrected chi connectivity index (χ2v) is 7.81. The van der Waals surface area contributed by atoms with Crippen LogP contribution in [0.4, 0.5) is 23.7 Å². The summed E-state index contributed by atoms with van der Waals surface area (Å²) in [5, 5.41) is 5.33. The Morgan fingerprint density at radius 1 is 1.03 bits per heavy atom. The molecule has 31 heavy (non-hydrogen) atoms. The van der Waals surface area contributed by atoms with Crippen LogP contribution in [0, 0.1) is 0 Å². The van der Waals surface area contributed by atoms with Gasteiger partial charge in [-0.1, -0.05) is 37.1 Å². The van der Waals surface area contributed by atoms with Gasteiger partial charge in [0, 0.05) is 5.69 Å². The van der Waals surface area contributed by atoms with E-state index in [4.69, 9.17) is 0 Å². The van der Waals surface area contributed by atoms with E-state index in [1.54, 1.807) is 30.3 Å². The summed E-state index contributed by atoms with van der Waals surface area (Å²) in [6, 6.07) is 10.7. The number of carbonyl (C=O) groups excluding carboxylic acids is 3. The Labute approximate surface area is 176 Å². The van der Waals surface area contributed by atoms with Gasteiger partial charge >= 0.3 is 12.2 Å². The molecule has 2 aromatic rings. The number of hydrogen-bond acceptors (Lipinski definition) is 3. The monoisotopic (exact) mass is 431 g/mol. The van der Waals surface area contributed by atoms with Gasteiger partial charge in [0.25, 0.3) is 5.91 Å². The highest BCUT2D eigenvalue weighted by atomic mass is 19.4. The fourth-order valence-corrected chi connectivity index (χ4v) is 4.10. The van der Waals surface area contributed by atoms with Crippen LogP contribution in [0.2, 0.25) is 0 Å². The Morgan fingerprint density at radius 3 is 2.35 bits per heavy atom. The van der Waals surface area contributed by atoms with E-state index < -0.39 is 35.8 Å². The lowest BCUT2D eigenvalue weighted by Crippen LogP contribution is -2.44. The Kier molecular flexibility index (Phi) is 5.20. The number of hydrogen-bond donors (Lipinski definition) is 2. The molecule has 1 heterocycles. The first kappa shape index (κ1) is 20.9. The lowest BCUT2D eigenvalue weighted by molar-refractivity contribution is -0.137. The summed E-state index contributed by atoms with van der Waals surface area (Å²) in [5.41, 5.74) is -0.251. The summed E-state index contributed by atoms with van der Waals surface area (Å²) in [5.74, 6) is -0.907. The maximum atomic E-state index is 12.9. The fraction of sp³-hybridized carbons (Fsp3) is 0.318. The Hall–Kier alpha value is -3.36. The highest BCUT2D eigenvalue weighted by Crippen LogP contribution is 2.35. The Bertz CT molecular complexity index is 1030. The van der Waals surface area contributed by atoms with Crippen molar-refractivity contribution in [3.8, 4) is 11.1 Å². The van der Waals surface area contributed by atoms with Crippen molar-refractivity contribution in [3.05, 3.63) is 54.1 Å². The lowest BCUT2D eigenvalue weighted by atomic mass is 9.98. The maximum absolute atomic E-state index is 12.9. The molecule has 162 valence electrons. The number of urea groups is 1. The first-order valence-corrected chi connectivity index (χ1v) is 9.90. The molecule has 2 fully saturated rings. The van der Waals surface area contributed by atoms with E-state index in [-0.39, 0.29) is 5.91 Å². The summed E-state index contributed by atoms with van der Waals surface area (Å²) < 4.78 is 38.7. The number of carbonyl (C=O) groups is 3. The summed E-state index contributed by atoms with van der Waals surface area (Å²) in [4.78, 5) is 38.1. The largest absolute Gasteiger partial charge is 0.416 e. The molecule has 1 spiro atoms. The van der Waals surface area contributed by atoms with Crippen molar-refractivity contribution in [2.75, 3.05) is 11.9 Å². The van der Waals surface area contributed by atoms with Gasteiger partial charge in [0.2, 0.25) is 5.91 Å². The van der Waals surface area contributed by atoms with E-state index in [1.807, 2.05) is 0 Å². The summed E-state index contributed by atoms with van der Waals surface area (Å²) in [6.07, 6.45) is -1.58. The number of benzene rings is 2. The number of amides is 4. The van der Waals surface area contributed by atoms with E-state index in [0.29, 0.717) is 29.7 Å². The van der Waals surface area contributed by atoms with Crippen LogP contribution in [0.1, 0.15) is 31.2 Å². The molecule has 4 amide bonds. The van der Waals surface area contributed by atoms with Crippen LogP contribution in [-0.2, 0) is 15.8 Å². The minimum atomic E-state index is -4.43. The maximum Gasteiger partial charge on any atom is 0.416 e. The number of imide groups is 1. The van der Waals surface area contributed by atoms with Gasteiger partial charge in [0.1, 0.15) is 12.1 Å². The average molecular weight is 431 g/mol. The van der Waals surface area contributed by atoms with Crippen LogP contribution < -0.4 is 10.6 Å². The van der Waals surface area contributed by atoms with E-state index in [1.165, 1.54) is 6.07 Å². The average Bonchev–Trinajstić information content (AvgIpc) is 3.29. The molecule has 0 bridgehead atoms. The van der Waals surface area contributed by atoms with Crippen LogP contribution in [0.3, 0.4) is 0 Å².